The molecule has 0 aromatic carbocycles. The largest absolute Gasteiger partial charge is 0.481 e. The number of esters is 1. The molecular formula is C32H48O9. The Balaban J connectivity index is 2.41. The molecule has 0 bridgehead atoms. The zero-order valence-corrected chi connectivity index (χ0v) is 24.3. The first-order chi connectivity index (χ1) is 19.4. The molecule has 9 nitrogen and oxygen atoms in total. The van der Waals surface area contributed by atoms with Crippen molar-refractivity contribution >= 4 is 11.9 Å². The van der Waals surface area contributed by atoms with E-state index in [2.05, 4.69) is 0 Å². The van der Waals surface area contributed by atoms with Gasteiger partial charge in [-0.1, -0.05) is 80.2 Å². The van der Waals surface area contributed by atoms with Gasteiger partial charge < -0.3 is 35.4 Å². The van der Waals surface area contributed by atoms with Gasteiger partial charge in [-0.3, -0.25) is 4.79 Å². The minimum absolute atomic E-state index is 0.0786. The fourth-order valence-corrected chi connectivity index (χ4v) is 4.34. The molecule has 1 fully saturated rings. The number of rotatable bonds is 17. The van der Waals surface area contributed by atoms with Crippen molar-refractivity contribution in [3.63, 3.8) is 0 Å². The van der Waals surface area contributed by atoms with Gasteiger partial charge in [0.2, 0.25) is 0 Å². The first kappa shape index (κ1) is 36.2. The number of aliphatic hydroxyl groups is 5. The third-order valence-electron chi connectivity index (χ3n) is 6.84. The Kier molecular flexibility index (Phi) is 17.8. The smallest absolute Gasteiger partial charge is 0.331 e. The van der Waals surface area contributed by atoms with Crippen molar-refractivity contribution < 1.29 is 45.0 Å². The van der Waals surface area contributed by atoms with Crippen LogP contribution in [0.2, 0.25) is 0 Å². The summed E-state index contributed by atoms with van der Waals surface area (Å²) in [4.78, 5) is 23.2. The van der Waals surface area contributed by atoms with E-state index in [-0.39, 0.29) is 38.0 Å². The molecule has 0 spiro atoms. The van der Waals surface area contributed by atoms with Gasteiger partial charge in [0, 0.05) is 24.8 Å². The van der Waals surface area contributed by atoms with E-state index in [1.54, 1.807) is 30.4 Å². The van der Waals surface area contributed by atoms with E-state index in [0.29, 0.717) is 6.42 Å². The Morgan fingerprint density at radius 3 is 2.27 bits per heavy atom. The number of carboxylic acids is 1. The van der Waals surface area contributed by atoms with Gasteiger partial charge in [0.15, 0.2) is 0 Å². The van der Waals surface area contributed by atoms with Crippen LogP contribution in [0.15, 0.2) is 72.4 Å². The molecule has 0 heterocycles. The van der Waals surface area contributed by atoms with Gasteiger partial charge in [-0.05, 0) is 39.0 Å². The summed E-state index contributed by atoms with van der Waals surface area (Å²) in [6.45, 7) is 5.66. The van der Waals surface area contributed by atoms with Crippen LogP contribution in [-0.2, 0) is 14.3 Å². The SMILES string of the molecule is CC/C=C/[C@@H](O)C[C@H](O)CC(O)C[C@H](O)[C@H](C)/C=C/C=C/C=C(C)/C=C/C=C/C(=O)O[C@@H]1C[C@@H](C(=O)O)CC[C@@H]1O. The Bertz CT molecular complexity index is 962. The van der Waals surface area contributed by atoms with Crippen molar-refractivity contribution in [2.75, 3.05) is 0 Å². The summed E-state index contributed by atoms with van der Waals surface area (Å²) in [6.07, 6.45) is 15.6. The standard InChI is InChI=1S/C32H48O9/c1-4-5-14-25(33)19-26(34)20-27(35)21-29(37)23(3)13-8-6-7-11-22(2)12-9-10-15-31(38)41-30-18-24(32(39)40)16-17-28(30)36/h5-15,23-30,33-37H,4,16-21H2,1-3H3,(H,39,40)/b7-6+,12-9+,13-8+,14-5+,15-10+,22-11+/t23-,24+,25-,26+,27?,28+,29+,30-/m1/s1. The van der Waals surface area contributed by atoms with Gasteiger partial charge in [0.1, 0.15) is 6.10 Å². The summed E-state index contributed by atoms with van der Waals surface area (Å²) in [7, 11) is 0. The van der Waals surface area contributed by atoms with Crippen LogP contribution in [0.4, 0.5) is 0 Å². The molecular weight excluding hydrogens is 528 g/mol. The highest BCUT2D eigenvalue weighted by atomic mass is 16.6. The van der Waals surface area contributed by atoms with Gasteiger partial charge in [-0.2, -0.15) is 0 Å². The Hall–Kier alpha value is -2.82. The lowest BCUT2D eigenvalue weighted by Crippen LogP contribution is -2.39. The molecule has 8 atom stereocenters. The predicted molar refractivity (Wildman–Crippen MR) is 158 cm³/mol. The van der Waals surface area contributed by atoms with E-state index in [4.69, 9.17) is 9.84 Å². The highest BCUT2D eigenvalue weighted by molar-refractivity contribution is 5.82. The van der Waals surface area contributed by atoms with Gasteiger partial charge in [-0.25, -0.2) is 4.79 Å². The summed E-state index contributed by atoms with van der Waals surface area (Å²) < 4.78 is 5.22. The van der Waals surface area contributed by atoms with Crippen LogP contribution in [-0.4, -0.2) is 79.2 Å². The minimum Gasteiger partial charge on any atom is -0.481 e. The maximum atomic E-state index is 12.0. The van der Waals surface area contributed by atoms with Crippen LogP contribution >= 0.6 is 0 Å². The number of carbonyl (C=O) groups is 2. The molecule has 0 amide bonds. The minimum atomic E-state index is -0.952. The maximum Gasteiger partial charge on any atom is 0.331 e. The van der Waals surface area contributed by atoms with Gasteiger partial charge >= 0.3 is 11.9 Å². The maximum absolute atomic E-state index is 12.0. The van der Waals surface area contributed by atoms with E-state index in [9.17, 15) is 35.1 Å². The highest BCUT2D eigenvalue weighted by Crippen LogP contribution is 2.27. The lowest BCUT2D eigenvalue weighted by atomic mass is 9.85. The van der Waals surface area contributed by atoms with Crippen LogP contribution in [0.25, 0.3) is 0 Å². The second-order valence-electron chi connectivity index (χ2n) is 10.6. The van der Waals surface area contributed by atoms with E-state index in [0.717, 1.165) is 12.0 Å². The molecule has 9 heteroatoms. The van der Waals surface area contributed by atoms with Crippen LogP contribution in [0.3, 0.4) is 0 Å². The van der Waals surface area contributed by atoms with Gasteiger partial charge in [-0.15, -0.1) is 0 Å². The second kappa shape index (κ2) is 20.1. The number of carbonyl (C=O) groups excluding carboxylic acids is 1. The molecule has 1 unspecified atom stereocenters. The fourth-order valence-electron chi connectivity index (χ4n) is 4.34. The molecule has 1 aliphatic rings. The molecule has 0 aliphatic heterocycles. The van der Waals surface area contributed by atoms with Gasteiger partial charge in [0.05, 0.1) is 36.4 Å². The van der Waals surface area contributed by atoms with E-state index >= 15 is 0 Å². The topological polar surface area (TPSA) is 165 Å². The average Bonchev–Trinajstić information content (AvgIpc) is 2.90. The molecule has 1 aliphatic carbocycles. The molecule has 0 saturated heterocycles. The predicted octanol–water partition coefficient (Wildman–Crippen LogP) is 3.53. The number of allylic oxidation sites excluding steroid dienone is 9. The van der Waals surface area contributed by atoms with E-state index in [1.807, 2.05) is 45.1 Å². The molecule has 0 aromatic rings. The zero-order valence-electron chi connectivity index (χ0n) is 24.3. The Morgan fingerprint density at radius 2 is 1.59 bits per heavy atom. The van der Waals surface area contributed by atoms with E-state index in [1.165, 1.54) is 12.2 Å². The first-order valence-electron chi connectivity index (χ1n) is 14.3. The van der Waals surface area contributed by atoms with Crippen molar-refractivity contribution in [2.45, 2.75) is 102 Å². The first-order valence-corrected chi connectivity index (χ1v) is 14.3. The summed E-state index contributed by atoms with van der Waals surface area (Å²) in [5.74, 6) is -2.44. The number of aliphatic carboxylic acids is 1. The number of ether oxygens (including phenoxy) is 1. The lowest BCUT2D eigenvalue weighted by Gasteiger charge is -2.30. The van der Waals surface area contributed by atoms with Gasteiger partial charge in [0.25, 0.3) is 0 Å². The zero-order chi connectivity index (χ0) is 30.8. The molecule has 41 heavy (non-hydrogen) atoms. The summed E-state index contributed by atoms with van der Waals surface area (Å²) in [6, 6.07) is 0. The van der Waals surface area contributed by atoms with Crippen LogP contribution in [0.5, 0.6) is 0 Å². The van der Waals surface area contributed by atoms with Crippen molar-refractivity contribution in [1.29, 1.82) is 0 Å². The van der Waals surface area contributed by atoms with E-state index < -0.39 is 54.5 Å². The number of hydrogen-bond acceptors (Lipinski definition) is 8. The van der Waals surface area contributed by atoms with Crippen molar-refractivity contribution in [3.05, 3.63) is 72.4 Å². The molecule has 0 radical (unpaired) electrons. The summed E-state index contributed by atoms with van der Waals surface area (Å²) in [5, 5.41) is 59.6. The second-order valence-corrected chi connectivity index (χ2v) is 10.6. The number of aliphatic hydroxyl groups excluding tert-OH is 5. The van der Waals surface area contributed by atoms with Crippen LogP contribution in [0, 0.1) is 11.8 Å². The summed E-state index contributed by atoms with van der Waals surface area (Å²) >= 11 is 0. The van der Waals surface area contributed by atoms with Crippen molar-refractivity contribution in [1.82, 2.24) is 0 Å². The number of hydrogen-bond donors (Lipinski definition) is 6. The molecule has 0 aromatic heterocycles. The number of carboxylic acid groups (broad SMARTS) is 1. The summed E-state index contributed by atoms with van der Waals surface area (Å²) in [5.41, 5.74) is 0.907. The van der Waals surface area contributed by atoms with Crippen LogP contribution < -0.4 is 0 Å². The third kappa shape index (κ3) is 16.3. The normalized spacial score (nSPS) is 24.4. The quantitative estimate of drug-likeness (QED) is 0.0658. The van der Waals surface area contributed by atoms with Crippen molar-refractivity contribution in [3.8, 4) is 0 Å². The van der Waals surface area contributed by atoms with Crippen LogP contribution in [0.1, 0.15) is 65.7 Å². The molecule has 230 valence electrons. The Morgan fingerprint density at radius 1 is 0.902 bits per heavy atom. The monoisotopic (exact) mass is 576 g/mol. The lowest BCUT2D eigenvalue weighted by molar-refractivity contribution is -0.159. The fraction of sp³-hybridized carbons (Fsp3) is 0.562. The molecule has 6 N–H and O–H groups in total. The Labute approximate surface area is 243 Å². The highest BCUT2D eigenvalue weighted by Gasteiger charge is 2.34. The molecule has 1 rings (SSSR count). The third-order valence-corrected chi connectivity index (χ3v) is 6.84. The average molecular weight is 577 g/mol. The molecule has 1 saturated carbocycles. The van der Waals surface area contributed by atoms with Crippen molar-refractivity contribution in [2.24, 2.45) is 11.8 Å².